The van der Waals surface area contributed by atoms with Gasteiger partial charge in [0.2, 0.25) is 0 Å². The Balaban J connectivity index is 2.44. The summed E-state index contributed by atoms with van der Waals surface area (Å²) in [6, 6.07) is 4.41. The highest BCUT2D eigenvalue weighted by atomic mass is 32.2. The van der Waals surface area contributed by atoms with E-state index in [0.29, 0.717) is 0 Å². The van der Waals surface area contributed by atoms with Crippen LogP contribution in [0.15, 0.2) is 29.4 Å². The molecule has 0 aliphatic rings. The van der Waals surface area contributed by atoms with Gasteiger partial charge in [-0.25, -0.2) is 4.98 Å². The fourth-order valence-corrected chi connectivity index (χ4v) is 1.63. The van der Waals surface area contributed by atoms with Crippen molar-refractivity contribution in [2.24, 2.45) is 0 Å². The quantitative estimate of drug-likeness (QED) is 0.492. The summed E-state index contributed by atoms with van der Waals surface area (Å²) in [4.78, 5) is 14.5. The number of nitrogens with zero attached hydrogens (tertiary/aromatic N) is 1. The molecule has 0 amide bonds. The number of hydroxylamine groups is 1. The molecule has 0 aliphatic heterocycles. The van der Waals surface area contributed by atoms with Crippen molar-refractivity contribution in [2.45, 2.75) is 11.1 Å². The second-order valence-corrected chi connectivity index (χ2v) is 3.54. The van der Waals surface area contributed by atoms with Crippen LogP contribution in [-0.2, 0) is 4.79 Å². The van der Waals surface area contributed by atoms with Gasteiger partial charge in [-0.1, -0.05) is 6.07 Å². The number of pyridine rings is 1. The minimum absolute atomic E-state index is 0.225. The van der Waals surface area contributed by atoms with Crippen LogP contribution in [0.2, 0.25) is 0 Å². The second kappa shape index (κ2) is 5.58. The van der Waals surface area contributed by atoms with Gasteiger partial charge < -0.3 is 10.3 Å². The van der Waals surface area contributed by atoms with E-state index in [4.69, 9.17) is 10.3 Å². The number of aromatic nitrogens is 1. The molecule has 0 saturated heterocycles. The van der Waals surface area contributed by atoms with Crippen molar-refractivity contribution in [3.05, 3.63) is 24.4 Å². The summed E-state index contributed by atoms with van der Waals surface area (Å²) >= 11 is 1.27. The third kappa shape index (κ3) is 3.33. The molecule has 0 aromatic carbocycles. The van der Waals surface area contributed by atoms with Crippen LogP contribution in [0.4, 0.5) is 0 Å². The van der Waals surface area contributed by atoms with Crippen molar-refractivity contribution in [3.8, 4) is 0 Å². The molecule has 1 aromatic heterocycles. The average Bonchev–Trinajstić information content (AvgIpc) is 2.20. The van der Waals surface area contributed by atoms with Gasteiger partial charge in [0, 0.05) is 11.9 Å². The maximum absolute atomic E-state index is 10.5. The van der Waals surface area contributed by atoms with E-state index >= 15 is 0 Å². The fraction of sp³-hybridized carbons (Fsp3) is 0.250. The molecule has 1 atom stereocenters. The SMILES string of the molecule is O=C(O)[C@H](CSc1ccccn1)NO. The Labute approximate surface area is 85.1 Å². The van der Waals surface area contributed by atoms with Crippen LogP contribution in [0.1, 0.15) is 0 Å². The number of carboxylic acid groups (broad SMARTS) is 1. The van der Waals surface area contributed by atoms with E-state index in [2.05, 4.69) is 4.98 Å². The largest absolute Gasteiger partial charge is 0.480 e. The molecule has 14 heavy (non-hydrogen) atoms. The first-order valence-corrected chi connectivity index (χ1v) is 4.89. The molecule has 1 heterocycles. The van der Waals surface area contributed by atoms with Gasteiger partial charge in [-0.3, -0.25) is 4.79 Å². The van der Waals surface area contributed by atoms with Crippen LogP contribution < -0.4 is 5.48 Å². The number of carboxylic acids is 1. The predicted molar refractivity (Wildman–Crippen MR) is 51.3 cm³/mol. The summed E-state index contributed by atoms with van der Waals surface area (Å²) in [6.07, 6.45) is 1.63. The molecular formula is C8H10N2O3S. The van der Waals surface area contributed by atoms with Crippen molar-refractivity contribution < 1.29 is 15.1 Å². The van der Waals surface area contributed by atoms with Crippen LogP contribution in [0, 0.1) is 0 Å². The first kappa shape index (κ1) is 11.0. The maximum atomic E-state index is 10.5. The molecule has 0 fully saturated rings. The number of hydrogen-bond donors (Lipinski definition) is 3. The molecule has 3 N–H and O–H groups in total. The zero-order valence-electron chi connectivity index (χ0n) is 7.25. The van der Waals surface area contributed by atoms with E-state index < -0.39 is 12.0 Å². The molecule has 76 valence electrons. The molecular weight excluding hydrogens is 204 g/mol. The van der Waals surface area contributed by atoms with Crippen LogP contribution >= 0.6 is 11.8 Å². The maximum Gasteiger partial charge on any atom is 0.323 e. The number of carbonyl (C=O) groups is 1. The van der Waals surface area contributed by atoms with E-state index in [-0.39, 0.29) is 5.75 Å². The van der Waals surface area contributed by atoms with Gasteiger partial charge in [0.1, 0.15) is 6.04 Å². The third-order valence-corrected chi connectivity index (χ3v) is 2.53. The summed E-state index contributed by atoms with van der Waals surface area (Å²) < 4.78 is 0. The van der Waals surface area contributed by atoms with Crippen LogP contribution in [0.25, 0.3) is 0 Å². The molecule has 1 rings (SSSR count). The molecule has 0 unspecified atom stereocenters. The van der Waals surface area contributed by atoms with Crippen LogP contribution in [0.3, 0.4) is 0 Å². The number of aliphatic carboxylic acids is 1. The second-order valence-electron chi connectivity index (χ2n) is 2.50. The van der Waals surface area contributed by atoms with Gasteiger partial charge in [0.25, 0.3) is 0 Å². The first-order valence-electron chi connectivity index (χ1n) is 3.90. The van der Waals surface area contributed by atoms with Gasteiger partial charge in [0.15, 0.2) is 0 Å². The Kier molecular flexibility index (Phi) is 4.37. The van der Waals surface area contributed by atoms with Crippen molar-refractivity contribution >= 4 is 17.7 Å². The van der Waals surface area contributed by atoms with E-state index in [1.807, 2.05) is 6.07 Å². The van der Waals surface area contributed by atoms with Crippen molar-refractivity contribution in [3.63, 3.8) is 0 Å². The number of hydrogen-bond acceptors (Lipinski definition) is 5. The molecule has 0 radical (unpaired) electrons. The number of rotatable bonds is 5. The smallest absolute Gasteiger partial charge is 0.323 e. The lowest BCUT2D eigenvalue weighted by molar-refractivity contribution is -0.141. The first-order chi connectivity index (χ1) is 6.74. The zero-order chi connectivity index (χ0) is 10.4. The summed E-state index contributed by atoms with van der Waals surface area (Å²) in [5.41, 5.74) is 1.72. The average molecular weight is 214 g/mol. The highest BCUT2D eigenvalue weighted by Crippen LogP contribution is 2.14. The third-order valence-electron chi connectivity index (χ3n) is 1.49. The van der Waals surface area contributed by atoms with Gasteiger partial charge >= 0.3 is 5.97 Å². The molecule has 5 nitrogen and oxygen atoms in total. The monoisotopic (exact) mass is 214 g/mol. The van der Waals surface area contributed by atoms with Crippen molar-refractivity contribution in [2.75, 3.05) is 5.75 Å². The Morgan fingerprint density at radius 2 is 2.43 bits per heavy atom. The van der Waals surface area contributed by atoms with E-state index in [1.54, 1.807) is 23.8 Å². The molecule has 0 aliphatic carbocycles. The summed E-state index contributed by atoms with van der Waals surface area (Å²) in [5.74, 6) is -0.862. The summed E-state index contributed by atoms with van der Waals surface area (Å²) in [5, 5.41) is 17.8. The van der Waals surface area contributed by atoms with E-state index in [9.17, 15) is 4.79 Å². The zero-order valence-corrected chi connectivity index (χ0v) is 8.07. The Hall–Kier alpha value is -1.11. The highest BCUT2D eigenvalue weighted by molar-refractivity contribution is 7.99. The number of nitrogens with one attached hydrogen (secondary N) is 1. The van der Waals surface area contributed by atoms with Crippen molar-refractivity contribution in [1.29, 1.82) is 0 Å². The van der Waals surface area contributed by atoms with Gasteiger partial charge in [-0.05, 0) is 12.1 Å². The molecule has 0 spiro atoms. The molecule has 1 aromatic rings. The standard InChI is InChI=1S/C8H10N2O3S/c11-8(12)6(10-13)5-14-7-3-1-2-4-9-7/h1-4,6,10,13H,5H2,(H,11,12)/t6-/m0/s1. The minimum Gasteiger partial charge on any atom is -0.480 e. The van der Waals surface area contributed by atoms with E-state index in [1.165, 1.54) is 11.8 Å². The summed E-state index contributed by atoms with van der Waals surface area (Å²) in [6.45, 7) is 0. The molecule has 0 bridgehead atoms. The predicted octanol–water partition coefficient (Wildman–Crippen LogP) is 0.606. The lowest BCUT2D eigenvalue weighted by Gasteiger charge is -2.08. The Morgan fingerprint density at radius 3 is 2.93 bits per heavy atom. The van der Waals surface area contributed by atoms with Gasteiger partial charge in [-0.15, -0.1) is 11.8 Å². The Bertz CT molecular complexity index is 294. The minimum atomic E-state index is -1.09. The van der Waals surface area contributed by atoms with Gasteiger partial charge in [-0.2, -0.15) is 5.48 Å². The Morgan fingerprint density at radius 1 is 1.64 bits per heavy atom. The normalized spacial score (nSPS) is 12.4. The molecule has 6 heteroatoms. The topological polar surface area (TPSA) is 82.5 Å². The lowest BCUT2D eigenvalue weighted by Crippen LogP contribution is -2.36. The summed E-state index contributed by atoms with van der Waals surface area (Å²) in [7, 11) is 0. The fourth-order valence-electron chi connectivity index (χ4n) is 0.765. The van der Waals surface area contributed by atoms with E-state index in [0.717, 1.165) is 5.03 Å². The van der Waals surface area contributed by atoms with Gasteiger partial charge in [0.05, 0.1) is 5.03 Å². The molecule has 0 saturated carbocycles. The number of thioether (sulfide) groups is 1. The van der Waals surface area contributed by atoms with Crippen molar-refractivity contribution in [1.82, 2.24) is 10.5 Å². The van der Waals surface area contributed by atoms with Crippen LogP contribution in [-0.4, -0.2) is 33.1 Å². The lowest BCUT2D eigenvalue weighted by atomic mass is 10.4. The van der Waals surface area contributed by atoms with Crippen LogP contribution in [0.5, 0.6) is 0 Å². The highest BCUT2D eigenvalue weighted by Gasteiger charge is 2.16.